The van der Waals surface area contributed by atoms with Gasteiger partial charge in [0.2, 0.25) is 0 Å². The number of nitrogens with zero attached hydrogens (tertiary/aromatic N) is 3. The predicted molar refractivity (Wildman–Crippen MR) is 119 cm³/mol. The summed E-state index contributed by atoms with van der Waals surface area (Å²) in [4.78, 5) is 6.63. The SMILES string of the molecule is Clc1ccc(CCC(Cn2ccnc2)Oc2ccc(N3CCCCC3)cc2)cc1. The monoisotopic (exact) mass is 409 g/mol. The van der Waals surface area contributed by atoms with Crippen LogP contribution < -0.4 is 9.64 Å². The van der Waals surface area contributed by atoms with E-state index in [2.05, 4.69) is 50.8 Å². The van der Waals surface area contributed by atoms with E-state index in [9.17, 15) is 0 Å². The molecule has 29 heavy (non-hydrogen) atoms. The Bertz CT molecular complexity index is 856. The lowest BCUT2D eigenvalue weighted by Crippen LogP contribution is -2.29. The number of rotatable bonds is 8. The molecule has 4 nitrogen and oxygen atoms in total. The largest absolute Gasteiger partial charge is 0.489 e. The summed E-state index contributed by atoms with van der Waals surface area (Å²) < 4.78 is 8.46. The Hall–Kier alpha value is -2.46. The highest BCUT2D eigenvalue weighted by Crippen LogP contribution is 2.24. The van der Waals surface area contributed by atoms with Crippen molar-refractivity contribution < 1.29 is 4.74 Å². The van der Waals surface area contributed by atoms with Crippen molar-refractivity contribution in [2.75, 3.05) is 18.0 Å². The molecule has 0 aliphatic carbocycles. The van der Waals surface area contributed by atoms with Gasteiger partial charge in [-0.3, -0.25) is 0 Å². The Labute approximate surface area is 178 Å². The molecule has 1 unspecified atom stereocenters. The van der Waals surface area contributed by atoms with Crippen molar-refractivity contribution in [1.29, 1.82) is 0 Å². The summed E-state index contributed by atoms with van der Waals surface area (Å²) >= 11 is 6.01. The maximum absolute atomic E-state index is 6.38. The van der Waals surface area contributed by atoms with Gasteiger partial charge in [0.1, 0.15) is 11.9 Å². The second-order valence-corrected chi connectivity index (χ2v) is 8.14. The van der Waals surface area contributed by atoms with Crippen molar-refractivity contribution in [2.45, 2.75) is 44.8 Å². The lowest BCUT2D eigenvalue weighted by Gasteiger charge is -2.29. The van der Waals surface area contributed by atoms with Gasteiger partial charge in [-0.15, -0.1) is 0 Å². The van der Waals surface area contributed by atoms with E-state index in [1.165, 1.54) is 30.5 Å². The quantitative estimate of drug-likeness (QED) is 0.484. The van der Waals surface area contributed by atoms with Gasteiger partial charge in [-0.25, -0.2) is 4.98 Å². The molecule has 1 atom stereocenters. The molecule has 1 aliphatic rings. The van der Waals surface area contributed by atoms with Gasteiger partial charge >= 0.3 is 0 Å². The maximum atomic E-state index is 6.38. The fourth-order valence-electron chi connectivity index (χ4n) is 3.88. The zero-order chi connectivity index (χ0) is 19.9. The highest BCUT2D eigenvalue weighted by Gasteiger charge is 2.14. The van der Waals surface area contributed by atoms with E-state index >= 15 is 0 Å². The third-order valence-corrected chi connectivity index (χ3v) is 5.75. The fourth-order valence-corrected chi connectivity index (χ4v) is 4.00. The molecule has 4 rings (SSSR count). The first kappa shape index (κ1) is 19.8. The molecule has 152 valence electrons. The fraction of sp³-hybridized carbons (Fsp3) is 0.375. The topological polar surface area (TPSA) is 30.3 Å². The molecule has 5 heteroatoms. The van der Waals surface area contributed by atoms with E-state index in [-0.39, 0.29) is 6.10 Å². The lowest BCUT2D eigenvalue weighted by molar-refractivity contribution is 0.170. The van der Waals surface area contributed by atoms with Crippen molar-refractivity contribution in [3.63, 3.8) is 0 Å². The summed E-state index contributed by atoms with van der Waals surface area (Å²) in [5.41, 5.74) is 2.57. The van der Waals surface area contributed by atoms with Crippen LogP contribution in [0.1, 0.15) is 31.2 Å². The number of benzene rings is 2. The number of halogens is 1. The van der Waals surface area contributed by atoms with Crippen LogP contribution >= 0.6 is 11.6 Å². The van der Waals surface area contributed by atoms with Crippen molar-refractivity contribution in [1.82, 2.24) is 9.55 Å². The van der Waals surface area contributed by atoms with E-state index in [0.29, 0.717) is 0 Å². The van der Waals surface area contributed by atoms with Crippen molar-refractivity contribution in [3.05, 3.63) is 77.8 Å². The minimum atomic E-state index is 0.0701. The van der Waals surface area contributed by atoms with Crippen LogP contribution in [-0.4, -0.2) is 28.7 Å². The van der Waals surface area contributed by atoms with Crippen molar-refractivity contribution in [2.24, 2.45) is 0 Å². The van der Waals surface area contributed by atoms with Gasteiger partial charge < -0.3 is 14.2 Å². The number of anilines is 1. The Morgan fingerprint density at radius 2 is 1.72 bits per heavy atom. The van der Waals surface area contributed by atoms with Crippen LogP contribution in [0.2, 0.25) is 5.02 Å². The Balaban J connectivity index is 1.40. The van der Waals surface area contributed by atoms with Crippen LogP contribution in [0.15, 0.2) is 67.3 Å². The van der Waals surface area contributed by atoms with Gasteiger partial charge in [-0.1, -0.05) is 23.7 Å². The van der Waals surface area contributed by atoms with Crippen LogP contribution in [0.5, 0.6) is 5.75 Å². The zero-order valence-corrected chi connectivity index (χ0v) is 17.5. The molecule has 0 bridgehead atoms. The van der Waals surface area contributed by atoms with Gasteiger partial charge in [0.15, 0.2) is 0 Å². The molecule has 0 amide bonds. The Morgan fingerprint density at radius 1 is 0.966 bits per heavy atom. The second-order valence-electron chi connectivity index (χ2n) is 7.71. The molecule has 2 aromatic carbocycles. The van der Waals surface area contributed by atoms with E-state index in [1.54, 1.807) is 0 Å². The first-order chi connectivity index (χ1) is 14.3. The standard InChI is InChI=1S/C24H28ClN3O/c25-21-7-4-20(5-8-21)6-11-24(18-27-17-14-26-19-27)29-23-12-9-22(10-13-23)28-15-2-1-3-16-28/h4-5,7-10,12-14,17,19,24H,1-3,6,11,15-16,18H2. The Morgan fingerprint density at radius 3 is 2.41 bits per heavy atom. The summed E-state index contributed by atoms with van der Waals surface area (Å²) in [5, 5.41) is 0.772. The number of imidazole rings is 1. The van der Waals surface area contributed by atoms with E-state index in [0.717, 1.165) is 43.2 Å². The van der Waals surface area contributed by atoms with Crippen LogP contribution in [0.3, 0.4) is 0 Å². The molecular formula is C24H28ClN3O. The number of aromatic nitrogens is 2. The normalized spacial score (nSPS) is 15.3. The van der Waals surface area contributed by atoms with Crippen LogP contribution in [0.25, 0.3) is 0 Å². The first-order valence-corrected chi connectivity index (χ1v) is 10.9. The molecule has 1 aromatic heterocycles. The van der Waals surface area contributed by atoms with E-state index in [4.69, 9.17) is 16.3 Å². The van der Waals surface area contributed by atoms with Crippen molar-refractivity contribution in [3.8, 4) is 5.75 Å². The molecule has 1 aliphatic heterocycles. The lowest BCUT2D eigenvalue weighted by atomic mass is 10.1. The molecule has 2 heterocycles. The average Bonchev–Trinajstić information content (AvgIpc) is 3.27. The average molecular weight is 410 g/mol. The minimum absolute atomic E-state index is 0.0701. The minimum Gasteiger partial charge on any atom is -0.489 e. The molecule has 0 spiro atoms. The number of hydrogen-bond donors (Lipinski definition) is 0. The van der Waals surface area contributed by atoms with Crippen LogP contribution in [0, 0.1) is 0 Å². The summed E-state index contributed by atoms with van der Waals surface area (Å²) in [7, 11) is 0. The molecule has 3 aromatic rings. The third kappa shape index (κ3) is 5.77. The van der Waals surface area contributed by atoms with Gasteiger partial charge in [-0.2, -0.15) is 0 Å². The summed E-state index contributed by atoms with van der Waals surface area (Å²) in [6.07, 6.45) is 11.5. The van der Waals surface area contributed by atoms with Crippen LogP contribution in [0.4, 0.5) is 5.69 Å². The van der Waals surface area contributed by atoms with Gasteiger partial charge in [0.25, 0.3) is 0 Å². The molecule has 1 fully saturated rings. The van der Waals surface area contributed by atoms with Gasteiger partial charge in [0.05, 0.1) is 12.9 Å². The summed E-state index contributed by atoms with van der Waals surface area (Å²) in [6.45, 7) is 3.09. The second kappa shape index (κ2) is 9.84. The molecule has 0 radical (unpaired) electrons. The molecular weight excluding hydrogens is 382 g/mol. The first-order valence-electron chi connectivity index (χ1n) is 10.5. The maximum Gasteiger partial charge on any atom is 0.119 e. The number of hydrogen-bond acceptors (Lipinski definition) is 3. The van der Waals surface area contributed by atoms with Crippen molar-refractivity contribution >= 4 is 17.3 Å². The van der Waals surface area contributed by atoms with Gasteiger partial charge in [-0.05, 0) is 74.1 Å². The molecule has 0 saturated carbocycles. The summed E-state index contributed by atoms with van der Waals surface area (Å²) in [6, 6.07) is 16.7. The third-order valence-electron chi connectivity index (χ3n) is 5.50. The number of ether oxygens (including phenoxy) is 1. The Kier molecular flexibility index (Phi) is 6.73. The highest BCUT2D eigenvalue weighted by molar-refractivity contribution is 6.30. The number of piperidine rings is 1. The predicted octanol–water partition coefficient (Wildman–Crippen LogP) is 5.61. The molecule has 0 N–H and O–H groups in total. The van der Waals surface area contributed by atoms with Crippen LogP contribution in [-0.2, 0) is 13.0 Å². The van der Waals surface area contributed by atoms with E-state index < -0.39 is 0 Å². The zero-order valence-electron chi connectivity index (χ0n) is 16.7. The summed E-state index contributed by atoms with van der Waals surface area (Å²) in [5.74, 6) is 0.923. The van der Waals surface area contributed by atoms with Gasteiger partial charge in [0, 0.05) is 36.2 Å². The smallest absolute Gasteiger partial charge is 0.119 e. The highest BCUT2D eigenvalue weighted by atomic mass is 35.5. The van der Waals surface area contributed by atoms with E-state index in [1.807, 2.05) is 30.9 Å². The molecule has 1 saturated heterocycles. The number of aryl methyl sites for hydroxylation is 1.